The number of nitriles is 1. The van der Waals surface area contributed by atoms with Crippen molar-refractivity contribution in [2.75, 3.05) is 18.8 Å². The van der Waals surface area contributed by atoms with Crippen molar-refractivity contribution in [2.24, 2.45) is 0 Å². The van der Waals surface area contributed by atoms with Gasteiger partial charge in [-0.2, -0.15) is 5.26 Å². The van der Waals surface area contributed by atoms with E-state index < -0.39 is 15.4 Å². The molecule has 1 saturated heterocycles. The summed E-state index contributed by atoms with van der Waals surface area (Å²) >= 11 is 0. The number of hydrogen-bond donors (Lipinski definition) is 1. The number of rotatable bonds is 5. The van der Waals surface area contributed by atoms with Gasteiger partial charge in [-0.05, 0) is 51.4 Å². The third kappa shape index (κ3) is 3.86. The zero-order valence-electron chi connectivity index (χ0n) is 13.0. The largest absolute Gasteiger partial charge is 0.389 e. The number of likely N-dealkylation sites (tertiary alicyclic amines) is 1. The maximum absolute atomic E-state index is 12.4. The van der Waals surface area contributed by atoms with Crippen LogP contribution >= 0.6 is 0 Å². The monoisotopic (exact) mass is 322 g/mol. The van der Waals surface area contributed by atoms with E-state index >= 15 is 0 Å². The second-order valence-corrected chi connectivity index (χ2v) is 8.42. The number of sulfone groups is 1. The summed E-state index contributed by atoms with van der Waals surface area (Å²) < 4.78 is 24.8. The fraction of sp³-hybridized carbons (Fsp3) is 0.562. The molecule has 120 valence electrons. The Morgan fingerprint density at radius 3 is 2.82 bits per heavy atom. The average Bonchev–Trinajstić information content (AvgIpc) is 2.94. The van der Waals surface area contributed by atoms with Crippen molar-refractivity contribution in [2.45, 2.75) is 43.2 Å². The molecule has 1 fully saturated rings. The minimum atomic E-state index is -3.42. The SMILES string of the molecule is CC(C)(O)C1CCCN1CCS(=O)(=O)c1cccc(C#N)c1. The van der Waals surface area contributed by atoms with Gasteiger partial charge in [-0.3, -0.25) is 4.90 Å². The van der Waals surface area contributed by atoms with Gasteiger partial charge < -0.3 is 5.11 Å². The smallest absolute Gasteiger partial charge is 0.179 e. The molecule has 0 aliphatic carbocycles. The fourth-order valence-corrected chi connectivity index (χ4v) is 4.31. The van der Waals surface area contributed by atoms with E-state index in [1.54, 1.807) is 26.0 Å². The molecular weight excluding hydrogens is 300 g/mol. The predicted octanol–water partition coefficient (Wildman–Crippen LogP) is 1.57. The van der Waals surface area contributed by atoms with Crippen molar-refractivity contribution in [1.29, 1.82) is 5.26 Å². The van der Waals surface area contributed by atoms with Crippen LogP contribution in [0.5, 0.6) is 0 Å². The molecule has 1 unspecified atom stereocenters. The predicted molar refractivity (Wildman–Crippen MR) is 84.1 cm³/mol. The second kappa shape index (κ2) is 6.37. The number of hydrogen-bond acceptors (Lipinski definition) is 5. The molecular formula is C16H22N2O3S. The van der Waals surface area contributed by atoms with Crippen LogP contribution in [0.25, 0.3) is 0 Å². The van der Waals surface area contributed by atoms with E-state index in [1.165, 1.54) is 12.1 Å². The molecule has 5 nitrogen and oxygen atoms in total. The fourth-order valence-electron chi connectivity index (χ4n) is 3.01. The Balaban J connectivity index is 2.08. The molecule has 0 radical (unpaired) electrons. The molecule has 0 bridgehead atoms. The van der Waals surface area contributed by atoms with E-state index in [4.69, 9.17) is 5.26 Å². The van der Waals surface area contributed by atoms with Crippen molar-refractivity contribution >= 4 is 9.84 Å². The van der Waals surface area contributed by atoms with Crippen molar-refractivity contribution < 1.29 is 13.5 Å². The van der Waals surface area contributed by atoms with Gasteiger partial charge in [0.25, 0.3) is 0 Å². The summed E-state index contributed by atoms with van der Waals surface area (Å²) in [7, 11) is -3.42. The van der Waals surface area contributed by atoms with Crippen LogP contribution in [-0.4, -0.2) is 48.9 Å². The van der Waals surface area contributed by atoms with Crippen molar-refractivity contribution in [3.05, 3.63) is 29.8 Å². The zero-order chi connectivity index (χ0) is 16.4. The van der Waals surface area contributed by atoms with Crippen LogP contribution in [0, 0.1) is 11.3 Å². The highest BCUT2D eigenvalue weighted by Crippen LogP contribution is 2.26. The Kier molecular flexibility index (Phi) is 4.90. The van der Waals surface area contributed by atoms with Gasteiger partial charge in [0, 0.05) is 12.6 Å². The van der Waals surface area contributed by atoms with E-state index in [2.05, 4.69) is 0 Å². The van der Waals surface area contributed by atoms with Gasteiger partial charge in [0.2, 0.25) is 0 Å². The second-order valence-electron chi connectivity index (χ2n) is 6.31. The van der Waals surface area contributed by atoms with Crippen LogP contribution in [-0.2, 0) is 9.84 Å². The van der Waals surface area contributed by atoms with Gasteiger partial charge in [0.15, 0.2) is 9.84 Å². The Labute approximate surface area is 132 Å². The van der Waals surface area contributed by atoms with Gasteiger partial charge in [-0.15, -0.1) is 0 Å². The van der Waals surface area contributed by atoms with Crippen LogP contribution in [0.1, 0.15) is 32.3 Å². The Hall–Kier alpha value is -1.42. The molecule has 0 aromatic heterocycles. The molecule has 1 aromatic rings. The topological polar surface area (TPSA) is 81.4 Å². The van der Waals surface area contributed by atoms with Crippen molar-refractivity contribution in [1.82, 2.24) is 4.90 Å². The van der Waals surface area contributed by atoms with Crippen LogP contribution in [0.2, 0.25) is 0 Å². The van der Waals surface area contributed by atoms with Gasteiger partial charge >= 0.3 is 0 Å². The van der Waals surface area contributed by atoms with Crippen LogP contribution in [0.4, 0.5) is 0 Å². The minimum Gasteiger partial charge on any atom is -0.389 e. The summed E-state index contributed by atoms with van der Waals surface area (Å²) in [5.41, 5.74) is -0.488. The maximum Gasteiger partial charge on any atom is 0.179 e. The Bertz CT molecular complexity index is 671. The lowest BCUT2D eigenvalue weighted by atomic mass is 9.97. The van der Waals surface area contributed by atoms with E-state index in [1.807, 2.05) is 11.0 Å². The van der Waals surface area contributed by atoms with Gasteiger partial charge in [-0.25, -0.2) is 8.42 Å². The number of nitrogens with zero attached hydrogens (tertiary/aromatic N) is 2. The van der Waals surface area contributed by atoms with E-state index in [0.29, 0.717) is 12.1 Å². The third-order valence-corrected chi connectivity index (χ3v) is 5.84. The maximum atomic E-state index is 12.4. The summed E-state index contributed by atoms with van der Waals surface area (Å²) in [6.45, 7) is 4.73. The summed E-state index contributed by atoms with van der Waals surface area (Å²) in [5, 5.41) is 19.0. The molecule has 1 atom stereocenters. The lowest BCUT2D eigenvalue weighted by molar-refractivity contribution is -0.000403. The summed E-state index contributed by atoms with van der Waals surface area (Å²) in [6.07, 6.45) is 1.85. The molecule has 2 rings (SSSR count). The first-order chi connectivity index (χ1) is 10.2. The van der Waals surface area contributed by atoms with E-state index in [9.17, 15) is 13.5 Å². The van der Waals surface area contributed by atoms with Gasteiger partial charge in [-0.1, -0.05) is 6.07 Å². The number of aliphatic hydroxyl groups is 1. The van der Waals surface area contributed by atoms with Crippen LogP contribution in [0.3, 0.4) is 0 Å². The van der Waals surface area contributed by atoms with E-state index in [0.717, 1.165) is 19.4 Å². The quantitative estimate of drug-likeness (QED) is 0.890. The highest BCUT2D eigenvalue weighted by Gasteiger charge is 2.36. The zero-order valence-corrected chi connectivity index (χ0v) is 13.8. The van der Waals surface area contributed by atoms with Gasteiger partial charge in [0.1, 0.15) is 0 Å². The lowest BCUT2D eigenvalue weighted by Gasteiger charge is -2.33. The summed E-state index contributed by atoms with van der Waals surface area (Å²) in [4.78, 5) is 2.23. The molecule has 0 saturated carbocycles. The minimum absolute atomic E-state index is 0.00549. The first kappa shape index (κ1) is 16.9. The Morgan fingerprint density at radius 1 is 1.45 bits per heavy atom. The van der Waals surface area contributed by atoms with Crippen molar-refractivity contribution in [3.8, 4) is 6.07 Å². The molecule has 0 spiro atoms. The highest BCUT2D eigenvalue weighted by molar-refractivity contribution is 7.91. The molecule has 1 aliphatic heterocycles. The molecule has 22 heavy (non-hydrogen) atoms. The first-order valence-electron chi connectivity index (χ1n) is 7.43. The number of benzene rings is 1. The molecule has 1 aromatic carbocycles. The van der Waals surface area contributed by atoms with Crippen LogP contribution < -0.4 is 0 Å². The lowest BCUT2D eigenvalue weighted by Crippen LogP contribution is -2.47. The molecule has 1 heterocycles. The molecule has 6 heteroatoms. The third-order valence-electron chi connectivity index (χ3n) is 4.15. The summed E-state index contributed by atoms with van der Waals surface area (Å²) in [5.74, 6) is -0.00549. The molecule has 1 aliphatic rings. The standard InChI is InChI=1S/C16H22N2O3S/c1-16(2,19)15-7-4-8-18(15)9-10-22(20,21)14-6-3-5-13(11-14)12-17/h3,5-6,11,15,19H,4,7-10H2,1-2H3. The van der Waals surface area contributed by atoms with E-state index in [-0.39, 0.29) is 16.7 Å². The highest BCUT2D eigenvalue weighted by atomic mass is 32.2. The summed E-state index contributed by atoms with van der Waals surface area (Å²) in [6, 6.07) is 8.05. The van der Waals surface area contributed by atoms with Gasteiger partial charge in [0.05, 0.1) is 27.9 Å². The molecule has 0 amide bonds. The average molecular weight is 322 g/mol. The normalized spacial score (nSPS) is 20.0. The Morgan fingerprint density at radius 2 is 2.18 bits per heavy atom. The first-order valence-corrected chi connectivity index (χ1v) is 9.08. The molecule has 1 N–H and O–H groups in total. The van der Waals surface area contributed by atoms with Crippen LogP contribution in [0.15, 0.2) is 29.2 Å². The van der Waals surface area contributed by atoms with Crippen molar-refractivity contribution in [3.63, 3.8) is 0 Å².